The third-order valence-electron chi connectivity index (χ3n) is 2.42. The van der Waals surface area contributed by atoms with E-state index in [9.17, 15) is 4.79 Å². The second-order valence-electron chi connectivity index (χ2n) is 3.39. The summed E-state index contributed by atoms with van der Waals surface area (Å²) >= 11 is 0. The Kier molecular flexibility index (Phi) is 4.62. The van der Waals surface area contributed by atoms with Gasteiger partial charge in [0.2, 0.25) is 0 Å². The lowest BCUT2D eigenvalue weighted by Gasteiger charge is -2.15. The van der Waals surface area contributed by atoms with Crippen LogP contribution in [0.3, 0.4) is 0 Å². The molecule has 4 nitrogen and oxygen atoms in total. The molecule has 14 heavy (non-hydrogen) atoms. The molecule has 0 radical (unpaired) electrons. The highest BCUT2D eigenvalue weighted by molar-refractivity contribution is 5.73. The lowest BCUT2D eigenvalue weighted by atomic mass is 10.0. The van der Waals surface area contributed by atoms with Gasteiger partial charge < -0.3 is 15.2 Å². The number of hydrogen-bond acceptors (Lipinski definition) is 3. The van der Waals surface area contributed by atoms with E-state index in [4.69, 9.17) is 9.84 Å². The van der Waals surface area contributed by atoms with Crippen LogP contribution < -0.4 is 5.32 Å². The first-order valence-corrected chi connectivity index (χ1v) is 4.89. The zero-order valence-corrected chi connectivity index (χ0v) is 8.45. The van der Waals surface area contributed by atoms with Crippen molar-refractivity contribution in [3.05, 3.63) is 11.6 Å². The van der Waals surface area contributed by atoms with Gasteiger partial charge in [-0.2, -0.15) is 0 Å². The summed E-state index contributed by atoms with van der Waals surface area (Å²) in [5.41, 5.74) is 1.32. The molecular weight excluding hydrogens is 182 g/mol. The number of hydrogen-bond donors (Lipinski definition) is 2. The predicted octanol–water partition coefficient (Wildman–Crippen LogP) is 0.786. The van der Waals surface area contributed by atoms with Gasteiger partial charge >= 0.3 is 5.97 Å². The highest BCUT2D eigenvalue weighted by atomic mass is 16.5. The first kappa shape index (κ1) is 11.2. The van der Waals surface area contributed by atoms with Crippen LogP contribution in [0.2, 0.25) is 0 Å². The Balaban J connectivity index is 2.38. The zero-order valence-electron chi connectivity index (χ0n) is 8.45. The quantitative estimate of drug-likeness (QED) is 0.657. The molecule has 0 bridgehead atoms. The van der Waals surface area contributed by atoms with Crippen molar-refractivity contribution in [2.45, 2.75) is 25.3 Å². The predicted molar refractivity (Wildman–Crippen MR) is 53.2 cm³/mol. The fourth-order valence-corrected chi connectivity index (χ4v) is 1.46. The van der Waals surface area contributed by atoms with Crippen LogP contribution in [0.1, 0.15) is 19.3 Å². The number of ether oxygens (including phenoxy) is 1. The number of rotatable bonds is 4. The van der Waals surface area contributed by atoms with E-state index in [0.717, 1.165) is 26.1 Å². The Bertz CT molecular complexity index is 217. The van der Waals surface area contributed by atoms with Crippen LogP contribution in [0.15, 0.2) is 11.6 Å². The molecule has 80 valence electrons. The second-order valence-corrected chi connectivity index (χ2v) is 3.39. The van der Waals surface area contributed by atoms with Crippen molar-refractivity contribution < 1.29 is 14.6 Å². The van der Waals surface area contributed by atoms with E-state index >= 15 is 0 Å². The molecule has 0 aromatic rings. The van der Waals surface area contributed by atoms with E-state index < -0.39 is 12.0 Å². The minimum atomic E-state index is -0.795. The van der Waals surface area contributed by atoms with Gasteiger partial charge in [-0.25, -0.2) is 0 Å². The van der Waals surface area contributed by atoms with Gasteiger partial charge in [-0.05, 0) is 26.3 Å². The number of aliphatic carboxylic acids is 1. The first-order valence-electron chi connectivity index (χ1n) is 4.89. The average Bonchev–Trinajstić information content (AvgIpc) is 2.20. The maximum atomic E-state index is 10.7. The monoisotopic (exact) mass is 199 g/mol. The van der Waals surface area contributed by atoms with Crippen molar-refractivity contribution in [1.82, 2.24) is 5.32 Å². The summed E-state index contributed by atoms with van der Waals surface area (Å²) in [6.07, 6.45) is 4.46. The number of carboxylic acids is 1. The highest BCUT2D eigenvalue weighted by Crippen LogP contribution is 2.14. The molecule has 0 amide bonds. The van der Waals surface area contributed by atoms with Gasteiger partial charge in [-0.15, -0.1) is 0 Å². The third-order valence-corrected chi connectivity index (χ3v) is 2.42. The summed E-state index contributed by atoms with van der Waals surface area (Å²) in [5.74, 6) is -0.795. The van der Waals surface area contributed by atoms with Gasteiger partial charge in [0, 0.05) is 0 Å². The Morgan fingerprint density at radius 3 is 2.79 bits per heavy atom. The summed E-state index contributed by atoms with van der Waals surface area (Å²) in [4.78, 5) is 10.7. The maximum Gasteiger partial charge on any atom is 0.321 e. The summed E-state index contributed by atoms with van der Waals surface area (Å²) in [6.45, 7) is 1.53. The van der Waals surface area contributed by atoms with Crippen LogP contribution in [-0.2, 0) is 9.53 Å². The van der Waals surface area contributed by atoms with Gasteiger partial charge in [-0.1, -0.05) is 11.6 Å². The molecule has 1 unspecified atom stereocenters. The van der Waals surface area contributed by atoms with Crippen molar-refractivity contribution >= 4 is 5.97 Å². The van der Waals surface area contributed by atoms with Crippen LogP contribution in [0, 0.1) is 0 Å². The molecule has 1 atom stereocenters. The summed E-state index contributed by atoms with van der Waals surface area (Å²) in [7, 11) is 1.67. The van der Waals surface area contributed by atoms with E-state index in [2.05, 4.69) is 5.32 Å². The fourth-order valence-electron chi connectivity index (χ4n) is 1.46. The molecule has 1 heterocycles. The molecule has 0 aromatic carbocycles. The van der Waals surface area contributed by atoms with Crippen LogP contribution in [0.5, 0.6) is 0 Å². The number of nitrogens with one attached hydrogen (secondary N) is 1. The van der Waals surface area contributed by atoms with Gasteiger partial charge in [-0.3, -0.25) is 4.79 Å². The van der Waals surface area contributed by atoms with E-state index in [0.29, 0.717) is 6.42 Å². The number of likely N-dealkylation sites (N-methyl/N-ethyl adjacent to an activating group) is 1. The van der Waals surface area contributed by atoms with Crippen molar-refractivity contribution in [2.24, 2.45) is 0 Å². The summed E-state index contributed by atoms with van der Waals surface area (Å²) in [6, 6.07) is -0.467. The van der Waals surface area contributed by atoms with Crippen LogP contribution in [-0.4, -0.2) is 37.4 Å². The molecule has 1 aliphatic rings. The summed E-state index contributed by atoms with van der Waals surface area (Å²) < 4.78 is 5.21. The van der Waals surface area contributed by atoms with E-state index in [1.54, 1.807) is 7.05 Å². The number of carbonyl (C=O) groups is 1. The normalized spacial score (nSPS) is 19.1. The SMILES string of the molecule is CNC(CC=C1CCOCC1)C(=O)O. The van der Waals surface area contributed by atoms with Crippen molar-refractivity contribution in [3.63, 3.8) is 0 Å². The topological polar surface area (TPSA) is 58.6 Å². The van der Waals surface area contributed by atoms with Gasteiger partial charge in [0.25, 0.3) is 0 Å². The van der Waals surface area contributed by atoms with Crippen molar-refractivity contribution in [3.8, 4) is 0 Å². The smallest absolute Gasteiger partial charge is 0.321 e. The third kappa shape index (κ3) is 3.47. The molecule has 1 fully saturated rings. The molecule has 1 rings (SSSR count). The molecule has 0 spiro atoms. The van der Waals surface area contributed by atoms with Crippen molar-refractivity contribution in [1.29, 1.82) is 0 Å². The standard InChI is InChI=1S/C10H17NO3/c1-11-9(10(12)13)3-2-8-4-6-14-7-5-8/h2,9,11H,3-7H2,1H3,(H,12,13). The van der Waals surface area contributed by atoms with Crippen molar-refractivity contribution in [2.75, 3.05) is 20.3 Å². The van der Waals surface area contributed by atoms with E-state index in [1.807, 2.05) is 6.08 Å². The maximum absolute atomic E-state index is 10.7. The lowest BCUT2D eigenvalue weighted by molar-refractivity contribution is -0.139. The first-order chi connectivity index (χ1) is 6.74. The van der Waals surface area contributed by atoms with Gasteiger partial charge in [0.05, 0.1) is 13.2 Å². The lowest BCUT2D eigenvalue weighted by Crippen LogP contribution is -2.33. The fraction of sp³-hybridized carbons (Fsp3) is 0.700. The molecule has 2 N–H and O–H groups in total. The Morgan fingerprint density at radius 1 is 1.64 bits per heavy atom. The Hall–Kier alpha value is -0.870. The minimum Gasteiger partial charge on any atom is -0.480 e. The molecule has 4 heteroatoms. The van der Waals surface area contributed by atoms with Crippen LogP contribution in [0.4, 0.5) is 0 Å². The molecule has 1 aliphatic heterocycles. The highest BCUT2D eigenvalue weighted by Gasteiger charge is 2.13. The molecule has 0 aliphatic carbocycles. The zero-order chi connectivity index (χ0) is 10.4. The van der Waals surface area contributed by atoms with E-state index in [1.165, 1.54) is 5.57 Å². The van der Waals surface area contributed by atoms with E-state index in [-0.39, 0.29) is 0 Å². The average molecular weight is 199 g/mol. The second kappa shape index (κ2) is 5.78. The molecular formula is C10H17NO3. The van der Waals surface area contributed by atoms with Crippen LogP contribution in [0.25, 0.3) is 0 Å². The molecule has 0 aromatic heterocycles. The largest absolute Gasteiger partial charge is 0.480 e. The molecule has 0 saturated carbocycles. The molecule has 1 saturated heterocycles. The van der Waals surface area contributed by atoms with Gasteiger partial charge in [0.1, 0.15) is 6.04 Å². The minimum absolute atomic E-state index is 0.467. The van der Waals surface area contributed by atoms with Crippen LogP contribution >= 0.6 is 0 Å². The summed E-state index contributed by atoms with van der Waals surface area (Å²) in [5, 5.41) is 11.6. The number of carboxylic acid groups (broad SMARTS) is 1. The Labute approximate surface area is 83.9 Å². The Morgan fingerprint density at radius 2 is 2.29 bits per heavy atom. The van der Waals surface area contributed by atoms with Gasteiger partial charge in [0.15, 0.2) is 0 Å².